The molecule has 3 rings (SSSR count). The Morgan fingerprint density at radius 1 is 1.32 bits per heavy atom. The maximum absolute atomic E-state index is 12.7. The third-order valence-corrected chi connectivity index (χ3v) is 4.77. The van der Waals surface area contributed by atoms with Gasteiger partial charge >= 0.3 is 6.16 Å². The highest BCUT2D eigenvalue weighted by molar-refractivity contribution is 6.00. The Morgan fingerprint density at radius 3 is 2.86 bits per heavy atom. The number of nitrogens with zero attached hydrogens (tertiary/aromatic N) is 2. The number of carbonyl (C=O) groups excluding carboxylic acids is 2. The van der Waals surface area contributed by atoms with Crippen molar-refractivity contribution in [3.63, 3.8) is 0 Å². The van der Waals surface area contributed by atoms with Crippen LogP contribution in [0.15, 0.2) is 36.5 Å². The topological polar surface area (TPSA) is 109 Å². The number of hydrogen-bond donors (Lipinski definition) is 2. The Hall–Kier alpha value is -3.16. The number of fused-ring (bicyclic) bond motifs is 1. The van der Waals surface area contributed by atoms with Crippen LogP contribution in [0.2, 0.25) is 0 Å². The minimum atomic E-state index is -1.47. The van der Waals surface area contributed by atoms with Crippen molar-refractivity contribution < 1.29 is 24.2 Å². The number of nitrogens with one attached hydrogen (secondary N) is 1. The predicted molar refractivity (Wildman–Crippen MR) is 102 cm³/mol. The Balaban J connectivity index is 1.75. The number of ether oxygens (including phenoxy) is 1. The molecule has 8 heteroatoms. The van der Waals surface area contributed by atoms with Gasteiger partial charge in [0.05, 0.1) is 17.6 Å². The first kappa shape index (κ1) is 19.6. The smallest absolute Gasteiger partial charge is 0.450 e. The number of carbonyl (C=O) groups is 3. The van der Waals surface area contributed by atoms with Crippen molar-refractivity contribution in [3.8, 4) is 0 Å². The van der Waals surface area contributed by atoms with Gasteiger partial charge in [-0.2, -0.15) is 0 Å². The molecule has 2 N–H and O–H groups in total. The van der Waals surface area contributed by atoms with E-state index in [0.717, 1.165) is 30.2 Å². The van der Waals surface area contributed by atoms with Crippen LogP contribution in [0.25, 0.3) is 10.9 Å². The van der Waals surface area contributed by atoms with Gasteiger partial charge < -0.3 is 20.1 Å². The lowest BCUT2D eigenvalue weighted by molar-refractivity contribution is -0.129. The van der Waals surface area contributed by atoms with Gasteiger partial charge in [0.25, 0.3) is 5.91 Å². The van der Waals surface area contributed by atoms with E-state index in [1.54, 1.807) is 11.0 Å². The number of para-hydroxylation sites is 1. The summed E-state index contributed by atoms with van der Waals surface area (Å²) < 4.78 is 4.86. The van der Waals surface area contributed by atoms with E-state index in [4.69, 9.17) is 9.84 Å². The van der Waals surface area contributed by atoms with Crippen molar-refractivity contribution in [2.75, 3.05) is 13.1 Å². The molecule has 0 aliphatic carbocycles. The number of amides is 2. The van der Waals surface area contributed by atoms with Gasteiger partial charge in [-0.3, -0.25) is 14.6 Å². The normalized spacial score (nSPS) is 19.0. The third kappa shape index (κ3) is 4.39. The van der Waals surface area contributed by atoms with Crippen LogP contribution in [-0.4, -0.2) is 58.2 Å². The van der Waals surface area contributed by atoms with Gasteiger partial charge in [-0.15, -0.1) is 0 Å². The first-order valence-electron chi connectivity index (χ1n) is 9.33. The van der Waals surface area contributed by atoms with E-state index in [9.17, 15) is 14.4 Å². The van der Waals surface area contributed by atoms with Crippen molar-refractivity contribution in [2.45, 2.75) is 38.3 Å². The Labute approximate surface area is 162 Å². The van der Waals surface area contributed by atoms with Crippen molar-refractivity contribution in [1.29, 1.82) is 0 Å². The van der Waals surface area contributed by atoms with E-state index in [1.807, 2.05) is 24.3 Å². The summed E-state index contributed by atoms with van der Waals surface area (Å²) in [5.74, 6) is -0.824. The van der Waals surface area contributed by atoms with Crippen molar-refractivity contribution in [3.05, 3.63) is 42.1 Å². The highest BCUT2D eigenvalue weighted by Crippen LogP contribution is 2.18. The number of rotatable bonds is 7. The van der Waals surface area contributed by atoms with Crippen molar-refractivity contribution >= 4 is 28.9 Å². The molecule has 2 amide bonds. The lowest BCUT2D eigenvalue weighted by Crippen LogP contribution is -2.47. The molecule has 2 aromatic rings. The molecule has 1 saturated heterocycles. The van der Waals surface area contributed by atoms with Crippen molar-refractivity contribution in [2.24, 2.45) is 0 Å². The molecule has 1 aromatic carbocycles. The molecule has 0 bridgehead atoms. The Bertz CT molecular complexity index is 885. The maximum Gasteiger partial charge on any atom is 0.506 e. The summed E-state index contributed by atoms with van der Waals surface area (Å²) in [6, 6.07) is 8.01. The fourth-order valence-electron chi connectivity index (χ4n) is 3.33. The van der Waals surface area contributed by atoms with Gasteiger partial charge in [-0.25, -0.2) is 4.79 Å². The van der Waals surface area contributed by atoms with Gasteiger partial charge in [0, 0.05) is 18.1 Å². The second kappa shape index (κ2) is 8.69. The Kier molecular flexibility index (Phi) is 6.08. The van der Waals surface area contributed by atoms with Gasteiger partial charge in [-0.05, 0) is 18.6 Å². The molecule has 8 nitrogen and oxygen atoms in total. The fourth-order valence-corrected chi connectivity index (χ4v) is 3.33. The maximum atomic E-state index is 12.7. The van der Waals surface area contributed by atoms with E-state index in [-0.39, 0.29) is 12.5 Å². The monoisotopic (exact) mass is 385 g/mol. The molecule has 1 aromatic heterocycles. The molecule has 0 spiro atoms. The van der Waals surface area contributed by atoms with E-state index in [0.29, 0.717) is 12.1 Å². The second-order valence-electron chi connectivity index (χ2n) is 6.78. The molecule has 0 saturated carbocycles. The zero-order valence-electron chi connectivity index (χ0n) is 15.6. The first-order chi connectivity index (χ1) is 13.5. The lowest BCUT2D eigenvalue weighted by Gasteiger charge is -2.17. The second-order valence-corrected chi connectivity index (χ2v) is 6.78. The summed E-state index contributed by atoms with van der Waals surface area (Å²) in [6.45, 7) is 2.70. The molecule has 1 aliphatic rings. The largest absolute Gasteiger partial charge is 0.506 e. The standard InChI is InChI=1S/C20H23N3O5/c1-2-3-6-9-23-12-16(28-20(26)27)17(19(23)25)22-18(24)14-10-13-7-4-5-8-15(13)21-11-14/h4-5,7-8,10-11,16-17H,2-3,6,9,12H2,1H3,(H,22,24)(H,26,27)/t16-,17-/m0/s1. The molecule has 1 aliphatic heterocycles. The fraction of sp³-hybridized carbons (Fsp3) is 0.400. The highest BCUT2D eigenvalue weighted by Gasteiger charge is 2.43. The average molecular weight is 385 g/mol. The number of unbranched alkanes of at least 4 members (excludes halogenated alkanes) is 2. The molecule has 148 valence electrons. The van der Waals surface area contributed by atoms with Crippen LogP contribution in [0.1, 0.15) is 36.5 Å². The molecule has 0 unspecified atom stereocenters. The van der Waals surface area contributed by atoms with Crippen LogP contribution in [0.4, 0.5) is 4.79 Å². The minimum absolute atomic E-state index is 0.135. The molecule has 2 heterocycles. The summed E-state index contributed by atoms with van der Waals surface area (Å²) in [5, 5.41) is 12.4. The molecule has 2 atom stereocenters. The van der Waals surface area contributed by atoms with Crippen LogP contribution in [0.5, 0.6) is 0 Å². The predicted octanol–water partition coefficient (Wildman–Crippen LogP) is 2.43. The van der Waals surface area contributed by atoms with Gasteiger partial charge in [0.1, 0.15) is 6.04 Å². The average Bonchev–Trinajstić information content (AvgIpc) is 2.96. The molecular formula is C20H23N3O5. The zero-order chi connectivity index (χ0) is 20.1. The van der Waals surface area contributed by atoms with E-state index in [2.05, 4.69) is 17.2 Å². The van der Waals surface area contributed by atoms with Crippen molar-refractivity contribution in [1.82, 2.24) is 15.2 Å². The lowest BCUT2D eigenvalue weighted by atomic mass is 10.1. The van der Waals surface area contributed by atoms with Crippen LogP contribution in [0, 0.1) is 0 Å². The number of likely N-dealkylation sites (tertiary alicyclic amines) is 1. The molecule has 0 radical (unpaired) electrons. The van der Waals surface area contributed by atoms with Crippen LogP contribution in [0.3, 0.4) is 0 Å². The number of benzene rings is 1. The third-order valence-electron chi connectivity index (χ3n) is 4.77. The first-order valence-corrected chi connectivity index (χ1v) is 9.33. The van der Waals surface area contributed by atoms with Gasteiger partial charge in [-0.1, -0.05) is 38.0 Å². The SMILES string of the molecule is CCCCCN1C[C@H](OC(=O)O)[C@H](NC(=O)c2cnc3ccccc3c2)C1=O. The minimum Gasteiger partial charge on any atom is -0.450 e. The van der Waals surface area contributed by atoms with E-state index < -0.39 is 24.2 Å². The highest BCUT2D eigenvalue weighted by atomic mass is 16.7. The summed E-state index contributed by atoms with van der Waals surface area (Å²) in [5.41, 5.74) is 1.05. The zero-order valence-corrected chi connectivity index (χ0v) is 15.6. The molecular weight excluding hydrogens is 362 g/mol. The number of carboxylic acid groups (broad SMARTS) is 1. The summed E-state index contributed by atoms with van der Waals surface area (Å²) >= 11 is 0. The summed E-state index contributed by atoms with van der Waals surface area (Å²) in [4.78, 5) is 42.2. The van der Waals surface area contributed by atoms with Gasteiger partial charge in [0.15, 0.2) is 6.10 Å². The molecule has 1 fully saturated rings. The van der Waals surface area contributed by atoms with Gasteiger partial charge in [0.2, 0.25) is 5.91 Å². The van der Waals surface area contributed by atoms with E-state index >= 15 is 0 Å². The molecule has 28 heavy (non-hydrogen) atoms. The number of aromatic nitrogens is 1. The number of hydrogen-bond acceptors (Lipinski definition) is 5. The number of pyridine rings is 1. The van der Waals surface area contributed by atoms with Crippen LogP contribution >= 0.6 is 0 Å². The quantitative estimate of drug-likeness (QED) is 0.560. The summed E-state index contributed by atoms with van der Waals surface area (Å²) in [7, 11) is 0. The van der Waals surface area contributed by atoms with Crippen LogP contribution in [-0.2, 0) is 9.53 Å². The Morgan fingerprint density at radius 2 is 2.11 bits per heavy atom. The summed E-state index contributed by atoms with van der Waals surface area (Å²) in [6.07, 6.45) is 1.81. The van der Waals surface area contributed by atoms with Crippen LogP contribution < -0.4 is 5.32 Å². The van der Waals surface area contributed by atoms with E-state index in [1.165, 1.54) is 6.20 Å².